The van der Waals surface area contributed by atoms with Crippen LogP contribution >= 0.6 is 0 Å². The normalized spacial score (nSPS) is 12.8. The smallest absolute Gasteiger partial charge is 0.334 e. The van der Waals surface area contributed by atoms with Crippen LogP contribution < -0.4 is 16.8 Å². The van der Waals surface area contributed by atoms with E-state index in [1.54, 1.807) is 6.92 Å². The highest BCUT2D eigenvalue weighted by Crippen LogP contribution is 2.03. The number of aryl methyl sites for hydroxylation is 1. The van der Waals surface area contributed by atoms with Gasteiger partial charge in [0.25, 0.3) is 0 Å². The molecule has 0 aliphatic carbocycles. The second kappa shape index (κ2) is 5.03. The molecular formula is C10H19N5O2. The van der Waals surface area contributed by atoms with Crippen molar-refractivity contribution in [3.8, 4) is 0 Å². The minimum absolute atomic E-state index is 0.0161. The number of aromatic nitrogens is 3. The van der Waals surface area contributed by atoms with E-state index >= 15 is 0 Å². The Balaban J connectivity index is 2.77. The Morgan fingerprint density at radius 1 is 1.47 bits per heavy atom. The summed E-state index contributed by atoms with van der Waals surface area (Å²) in [6.45, 7) is 7.57. The third kappa shape index (κ3) is 3.08. The first kappa shape index (κ1) is 13.3. The Labute approximate surface area is 99.6 Å². The van der Waals surface area contributed by atoms with Crippen LogP contribution in [0.2, 0.25) is 0 Å². The zero-order chi connectivity index (χ0) is 13.2. The van der Waals surface area contributed by atoms with E-state index in [2.05, 4.69) is 24.3 Å². The first-order valence-corrected chi connectivity index (χ1v) is 5.57. The largest absolute Gasteiger partial charge is 0.373 e. The summed E-state index contributed by atoms with van der Waals surface area (Å²) in [7, 11) is 0. The summed E-state index contributed by atoms with van der Waals surface area (Å²) in [5.74, 6) is 6.15. The van der Waals surface area contributed by atoms with Crippen molar-refractivity contribution in [1.29, 1.82) is 0 Å². The molecule has 0 aromatic carbocycles. The van der Waals surface area contributed by atoms with Gasteiger partial charge in [-0.25, -0.2) is 9.59 Å². The molecule has 1 aromatic rings. The van der Waals surface area contributed by atoms with Gasteiger partial charge in [-0.15, -0.1) is 9.78 Å². The summed E-state index contributed by atoms with van der Waals surface area (Å²) in [5.41, 5.74) is -0.642. The molecular weight excluding hydrogens is 222 g/mol. The van der Waals surface area contributed by atoms with Crippen LogP contribution in [0.25, 0.3) is 0 Å². The minimum atomic E-state index is -0.642. The van der Waals surface area contributed by atoms with E-state index in [0.29, 0.717) is 11.7 Å². The summed E-state index contributed by atoms with van der Waals surface area (Å²) in [6.07, 6.45) is 0.836. The Hall–Kier alpha value is -1.79. The maximum atomic E-state index is 11.7. The average molecular weight is 241 g/mol. The molecule has 1 aromatic heterocycles. The van der Waals surface area contributed by atoms with Crippen molar-refractivity contribution in [3.05, 3.63) is 16.3 Å². The molecule has 96 valence electrons. The lowest BCUT2D eigenvalue weighted by molar-refractivity contribution is 0.233. The van der Waals surface area contributed by atoms with Gasteiger partial charge in [-0.05, 0) is 26.2 Å². The molecule has 3 N–H and O–H groups in total. The number of nitrogens with zero attached hydrogens (tertiary/aromatic N) is 3. The molecule has 0 radical (unpaired) electrons. The molecule has 0 aliphatic rings. The molecule has 0 bridgehead atoms. The molecule has 0 saturated carbocycles. The van der Waals surface area contributed by atoms with E-state index in [4.69, 9.17) is 5.84 Å². The van der Waals surface area contributed by atoms with Crippen LogP contribution in [0.1, 0.15) is 33.0 Å². The number of rotatable bonds is 3. The molecule has 7 nitrogen and oxygen atoms in total. The Kier molecular flexibility index (Phi) is 3.93. The first-order chi connectivity index (χ1) is 7.82. The quantitative estimate of drug-likeness (QED) is 0.731. The lowest BCUT2D eigenvalue weighted by Gasteiger charge is -2.14. The van der Waals surface area contributed by atoms with Gasteiger partial charge in [0, 0.05) is 6.04 Å². The van der Waals surface area contributed by atoms with Crippen LogP contribution in [0.4, 0.5) is 4.79 Å². The molecule has 1 rings (SSSR count). The molecule has 1 atom stereocenters. The number of nitrogens with two attached hydrogens (primary N) is 1. The fraction of sp³-hybridized carbons (Fsp3) is 0.700. The van der Waals surface area contributed by atoms with Crippen molar-refractivity contribution in [2.75, 3.05) is 5.84 Å². The number of amides is 1. The van der Waals surface area contributed by atoms with Gasteiger partial charge < -0.3 is 11.2 Å². The highest BCUT2D eigenvalue weighted by molar-refractivity contribution is 5.75. The third-order valence-electron chi connectivity index (χ3n) is 2.37. The molecule has 1 heterocycles. The van der Waals surface area contributed by atoms with E-state index in [1.807, 2.05) is 6.92 Å². The number of hydrogen-bond donors (Lipinski definition) is 2. The maximum Gasteiger partial charge on any atom is 0.373 e. The molecule has 17 heavy (non-hydrogen) atoms. The van der Waals surface area contributed by atoms with Gasteiger partial charge in [0.15, 0.2) is 5.82 Å². The molecule has 1 amide bonds. The number of hydrogen-bond acceptors (Lipinski definition) is 4. The van der Waals surface area contributed by atoms with Crippen LogP contribution in [0.5, 0.6) is 0 Å². The average Bonchev–Trinajstić information content (AvgIpc) is 2.44. The van der Waals surface area contributed by atoms with Gasteiger partial charge >= 0.3 is 11.7 Å². The van der Waals surface area contributed by atoms with Gasteiger partial charge in [-0.3, -0.25) is 0 Å². The van der Waals surface area contributed by atoms with E-state index in [9.17, 15) is 9.59 Å². The standard InChI is InChI=1S/C10H19N5O2/c1-6(2)5-7(3)12-9(16)15-10(17)14(11)8(4)13-15/h6-7H,5,11H2,1-4H3,(H,12,16). The van der Waals surface area contributed by atoms with Gasteiger partial charge in [0.2, 0.25) is 0 Å². The Morgan fingerprint density at radius 2 is 2.06 bits per heavy atom. The van der Waals surface area contributed by atoms with Crippen LogP contribution in [-0.4, -0.2) is 26.5 Å². The van der Waals surface area contributed by atoms with Crippen molar-refractivity contribution in [3.63, 3.8) is 0 Å². The molecule has 1 unspecified atom stereocenters. The summed E-state index contributed by atoms with van der Waals surface area (Å²) >= 11 is 0. The molecule has 0 saturated heterocycles. The third-order valence-corrected chi connectivity index (χ3v) is 2.37. The number of nitrogen functional groups attached to an aromatic ring is 1. The highest BCUT2D eigenvalue weighted by atomic mass is 16.2. The zero-order valence-corrected chi connectivity index (χ0v) is 10.6. The van der Waals surface area contributed by atoms with Gasteiger partial charge in [-0.1, -0.05) is 13.8 Å². The lowest BCUT2D eigenvalue weighted by Crippen LogP contribution is -2.43. The Morgan fingerprint density at radius 3 is 2.47 bits per heavy atom. The van der Waals surface area contributed by atoms with Gasteiger partial charge in [-0.2, -0.15) is 4.68 Å². The summed E-state index contributed by atoms with van der Waals surface area (Å²) in [6, 6.07) is -0.562. The van der Waals surface area contributed by atoms with Crippen molar-refractivity contribution in [1.82, 2.24) is 19.8 Å². The fourth-order valence-corrected chi connectivity index (χ4v) is 1.65. The van der Waals surface area contributed by atoms with Crippen LogP contribution in [0.3, 0.4) is 0 Å². The summed E-state index contributed by atoms with van der Waals surface area (Å²) in [4.78, 5) is 23.3. The van der Waals surface area contributed by atoms with E-state index < -0.39 is 11.7 Å². The summed E-state index contributed by atoms with van der Waals surface area (Å²) in [5, 5.41) is 6.47. The minimum Gasteiger partial charge on any atom is -0.334 e. The number of carbonyl (C=O) groups is 1. The van der Waals surface area contributed by atoms with Crippen molar-refractivity contribution >= 4 is 6.03 Å². The van der Waals surface area contributed by atoms with Gasteiger partial charge in [0.05, 0.1) is 0 Å². The van der Waals surface area contributed by atoms with Crippen molar-refractivity contribution in [2.24, 2.45) is 5.92 Å². The van der Waals surface area contributed by atoms with E-state index in [0.717, 1.165) is 15.8 Å². The van der Waals surface area contributed by atoms with E-state index in [1.165, 1.54) is 0 Å². The predicted molar refractivity (Wildman–Crippen MR) is 64.2 cm³/mol. The predicted octanol–water partition coefficient (Wildman–Crippen LogP) is 0.0593. The van der Waals surface area contributed by atoms with Crippen LogP contribution in [0.15, 0.2) is 4.79 Å². The summed E-state index contributed by atoms with van der Waals surface area (Å²) < 4.78 is 1.58. The fourth-order valence-electron chi connectivity index (χ4n) is 1.65. The molecule has 0 spiro atoms. The van der Waals surface area contributed by atoms with Crippen LogP contribution in [-0.2, 0) is 0 Å². The topological polar surface area (TPSA) is 94.9 Å². The SMILES string of the molecule is Cc1nn(C(=O)NC(C)CC(C)C)c(=O)n1N. The second-order valence-corrected chi connectivity index (χ2v) is 4.59. The van der Waals surface area contributed by atoms with Crippen LogP contribution in [0, 0.1) is 12.8 Å². The van der Waals surface area contributed by atoms with Crippen molar-refractivity contribution < 1.29 is 4.79 Å². The maximum absolute atomic E-state index is 11.7. The zero-order valence-electron chi connectivity index (χ0n) is 10.6. The lowest BCUT2D eigenvalue weighted by atomic mass is 10.1. The second-order valence-electron chi connectivity index (χ2n) is 4.59. The molecule has 0 aliphatic heterocycles. The molecule has 7 heteroatoms. The number of nitrogens with one attached hydrogen (secondary N) is 1. The van der Waals surface area contributed by atoms with E-state index in [-0.39, 0.29) is 6.04 Å². The first-order valence-electron chi connectivity index (χ1n) is 5.57. The monoisotopic (exact) mass is 241 g/mol. The Bertz CT molecular complexity index is 460. The molecule has 0 fully saturated rings. The highest BCUT2D eigenvalue weighted by Gasteiger charge is 2.16. The van der Waals surface area contributed by atoms with Gasteiger partial charge in [0.1, 0.15) is 0 Å². The number of carbonyl (C=O) groups excluding carboxylic acids is 1. The van der Waals surface area contributed by atoms with Crippen molar-refractivity contribution in [2.45, 2.75) is 40.2 Å².